The lowest BCUT2D eigenvalue weighted by Gasteiger charge is -2.15. The average Bonchev–Trinajstić information content (AvgIpc) is 2.36. The van der Waals surface area contributed by atoms with E-state index in [0.717, 1.165) is 25.3 Å². The van der Waals surface area contributed by atoms with Crippen LogP contribution in [0, 0.1) is 0 Å². The fourth-order valence-electron chi connectivity index (χ4n) is 1.93. The summed E-state index contributed by atoms with van der Waals surface area (Å²) in [7, 11) is 2.19. The summed E-state index contributed by atoms with van der Waals surface area (Å²) in [4.78, 5) is 2.39. The fourth-order valence-corrected chi connectivity index (χ4v) is 2.08. The number of aryl methyl sites for hydroxylation is 1. The standard InChI is InChI=1S/C15H25NS/c1-3-5-14-6-8-15(9-7-14)10-12-16(2)11-4-13-17/h6-9,17H,3-5,10-13H2,1-2H3. The molecule has 0 N–H and O–H groups in total. The Morgan fingerprint density at radius 2 is 1.59 bits per heavy atom. The van der Waals surface area contributed by atoms with Crippen LogP contribution in [0.15, 0.2) is 24.3 Å². The Labute approximate surface area is 112 Å². The van der Waals surface area contributed by atoms with Crippen LogP contribution in [0.3, 0.4) is 0 Å². The van der Waals surface area contributed by atoms with Gasteiger partial charge in [0.15, 0.2) is 0 Å². The van der Waals surface area contributed by atoms with Gasteiger partial charge in [-0.1, -0.05) is 37.6 Å². The molecule has 2 heteroatoms. The van der Waals surface area contributed by atoms with Gasteiger partial charge in [-0.25, -0.2) is 0 Å². The van der Waals surface area contributed by atoms with Gasteiger partial charge in [-0.05, 0) is 49.7 Å². The largest absolute Gasteiger partial charge is 0.306 e. The monoisotopic (exact) mass is 251 g/mol. The number of hydrogen-bond acceptors (Lipinski definition) is 2. The molecule has 0 unspecified atom stereocenters. The summed E-state index contributed by atoms with van der Waals surface area (Å²) in [5, 5.41) is 0. The van der Waals surface area contributed by atoms with Crippen molar-refractivity contribution in [1.82, 2.24) is 4.90 Å². The van der Waals surface area contributed by atoms with E-state index in [0.29, 0.717) is 0 Å². The fraction of sp³-hybridized carbons (Fsp3) is 0.600. The van der Waals surface area contributed by atoms with E-state index in [2.05, 4.69) is 55.8 Å². The maximum Gasteiger partial charge on any atom is 0.00188 e. The minimum absolute atomic E-state index is 0.982. The molecule has 0 bridgehead atoms. The van der Waals surface area contributed by atoms with Crippen LogP contribution >= 0.6 is 12.6 Å². The van der Waals surface area contributed by atoms with Crippen molar-refractivity contribution < 1.29 is 0 Å². The summed E-state index contributed by atoms with van der Waals surface area (Å²) >= 11 is 4.24. The quantitative estimate of drug-likeness (QED) is 0.693. The Morgan fingerprint density at radius 3 is 2.12 bits per heavy atom. The second-order valence-electron chi connectivity index (χ2n) is 4.70. The van der Waals surface area contributed by atoms with Gasteiger partial charge in [0.1, 0.15) is 0 Å². The molecule has 17 heavy (non-hydrogen) atoms. The molecule has 1 aromatic rings. The van der Waals surface area contributed by atoms with Crippen LogP contribution in [0.2, 0.25) is 0 Å². The van der Waals surface area contributed by atoms with Crippen molar-refractivity contribution in [2.75, 3.05) is 25.9 Å². The lowest BCUT2D eigenvalue weighted by Crippen LogP contribution is -2.22. The predicted molar refractivity (Wildman–Crippen MR) is 80.1 cm³/mol. The van der Waals surface area contributed by atoms with Gasteiger partial charge in [0.05, 0.1) is 0 Å². The van der Waals surface area contributed by atoms with Crippen LogP contribution < -0.4 is 0 Å². The van der Waals surface area contributed by atoms with Crippen molar-refractivity contribution in [1.29, 1.82) is 0 Å². The van der Waals surface area contributed by atoms with Gasteiger partial charge >= 0.3 is 0 Å². The highest BCUT2D eigenvalue weighted by molar-refractivity contribution is 7.80. The van der Waals surface area contributed by atoms with Crippen molar-refractivity contribution >= 4 is 12.6 Å². The van der Waals surface area contributed by atoms with Crippen molar-refractivity contribution in [3.8, 4) is 0 Å². The molecule has 0 aliphatic heterocycles. The SMILES string of the molecule is CCCc1ccc(CCN(C)CCCS)cc1. The van der Waals surface area contributed by atoms with Crippen LogP contribution in [-0.2, 0) is 12.8 Å². The van der Waals surface area contributed by atoms with E-state index in [9.17, 15) is 0 Å². The Hall–Kier alpha value is -0.470. The Balaban J connectivity index is 2.31. The molecule has 0 saturated carbocycles. The molecule has 0 atom stereocenters. The molecule has 0 fully saturated rings. The maximum absolute atomic E-state index is 4.24. The van der Waals surface area contributed by atoms with Crippen molar-refractivity contribution in [2.24, 2.45) is 0 Å². The summed E-state index contributed by atoms with van der Waals surface area (Å²) in [5.41, 5.74) is 2.90. The van der Waals surface area contributed by atoms with Gasteiger partial charge in [0.2, 0.25) is 0 Å². The van der Waals surface area contributed by atoms with E-state index in [1.165, 1.54) is 30.4 Å². The van der Waals surface area contributed by atoms with Crippen molar-refractivity contribution in [3.63, 3.8) is 0 Å². The highest BCUT2D eigenvalue weighted by Gasteiger charge is 1.99. The molecule has 0 amide bonds. The lowest BCUT2D eigenvalue weighted by atomic mass is 10.1. The first-order chi connectivity index (χ1) is 8.26. The Kier molecular flexibility index (Phi) is 7.38. The summed E-state index contributed by atoms with van der Waals surface area (Å²) in [5.74, 6) is 0.982. The van der Waals surface area contributed by atoms with Gasteiger partial charge in [0, 0.05) is 6.54 Å². The number of hydrogen-bond donors (Lipinski definition) is 1. The molecule has 0 aromatic heterocycles. The summed E-state index contributed by atoms with van der Waals surface area (Å²) in [6.45, 7) is 4.52. The Morgan fingerprint density at radius 1 is 1.00 bits per heavy atom. The molecule has 0 aliphatic carbocycles. The van der Waals surface area contributed by atoms with Gasteiger partial charge in [-0.2, -0.15) is 12.6 Å². The zero-order chi connectivity index (χ0) is 12.5. The molecule has 0 saturated heterocycles. The van der Waals surface area contributed by atoms with Crippen molar-refractivity contribution in [3.05, 3.63) is 35.4 Å². The number of rotatable bonds is 8. The van der Waals surface area contributed by atoms with Gasteiger partial charge < -0.3 is 4.90 Å². The summed E-state index contributed by atoms with van der Waals surface area (Å²) in [6.07, 6.45) is 4.75. The van der Waals surface area contributed by atoms with Crippen LogP contribution in [0.25, 0.3) is 0 Å². The molecule has 1 nitrogen and oxygen atoms in total. The molecule has 1 aromatic carbocycles. The third kappa shape index (κ3) is 6.13. The molecule has 1 rings (SSSR count). The molecular weight excluding hydrogens is 226 g/mol. The first-order valence-electron chi connectivity index (χ1n) is 6.63. The number of likely N-dealkylation sites (N-methyl/N-ethyl adjacent to an activating group) is 1. The second kappa shape index (κ2) is 8.60. The summed E-state index contributed by atoms with van der Waals surface area (Å²) in [6, 6.07) is 9.09. The predicted octanol–water partition coefficient (Wildman–Crippen LogP) is 3.43. The van der Waals surface area contributed by atoms with Gasteiger partial charge in [0.25, 0.3) is 0 Å². The molecule has 0 spiro atoms. The Bertz CT molecular complexity index is 294. The zero-order valence-corrected chi connectivity index (χ0v) is 12.0. The van der Waals surface area contributed by atoms with E-state index in [-0.39, 0.29) is 0 Å². The van der Waals surface area contributed by atoms with E-state index in [1.807, 2.05) is 0 Å². The van der Waals surface area contributed by atoms with E-state index >= 15 is 0 Å². The summed E-state index contributed by atoms with van der Waals surface area (Å²) < 4.78 is 0. The van der Waals surface area contributed by atoms with Gasteiger partial charge in [-0.15, -0.1) is 0 Å². The zero-order valence-electron chi connectivity index (χ0n) is 11.2. The third-order valence-corrected chi connectivity index (χ3v) is 3.36. The smallest absolute Gasteiger partial charge is 0.00188 e. The van der Waals surface area contributed by atoms with E-state index in [4.69, 9.17) is 0 Å². The van der Waals surface area contributed by atoms with E-state index < -0.39 is 0 Å². The van der Waals surface area contributed by atoms with Crippen LogP contribution in [0.4, 0.5) is 0 Å². The van der Waals surface area contributed by atoms with Crippen LogP contribution in [-0.4, -0.2) is 30.8 Å². The number of thiol groups is 1. The van der Waals surface area contributed by atoms with Crippen molar-refractivity contribution in [2.45, 2.75) is 32.6 Å². The number of benzene rings is 1. The third-order valence-electron chi connectivity index (χ3n) is 3.04. The second-order valence-corrected chi connectivity index (χ2v) is 5.14. The number of nitrogens with zero attached hydrogens (tertiary/aromatic N) is 1. The van der Waals surface area contributed by atoms with Crippen LogP contribution in [0.1, 0.15) is 30.9 Å². The first-order valence-corrected chi connectivity index (χ1v) is 7.26. The topological polar surface area (TPSA) is 3.24 Å². The lowest BCUT2D eigenvalue weighted by molar-refractivity contribution is 0.340. The maximum atomic E-state index is 4.24. The molecule has 96 valence electrons. The highest BCUT2D eigenvalue weighted by atomic mass is 32.1. The van der Waals surface area contributed by atoms with Crippen LogP contribution in [0.5, 0.6) is 0 Å². The van der Waals surface area contributed by atoms with Gasteiger partial charge in [-0.3, -0.25) is 0 Å². The highest BCUT2D eigenvalue weighted by Crippen LogP contribution is 2.07. The normalized spacial score (nSPS) is 11.1. The minimum atomic E-state index is 0.982. The van der Waals surface area contributed by atoms with E-state index in [1.54, 1.807) is 0 Å². The molecule has 0 heterocycles. The average molecular weight is 251 g/mol. The molecular formula is C15H25NS. The molecule has 0 aliphatic rings. The first kappa shape index (κ1) is 14.6. The minimum Gasteiger partial charge on any atom is -0.306 e. The molecule has 0 radical (unpaired) electrons.